The summed E-state index contributed by atoms with van der Waals surface area (Å²) in [5.74, 6) is 0.515. The van der Waals surface area contributed by atoms with E-state index in [-0.39, 0.29) is 0 Å². The number of allylic oxidation sites excluding steroid dienone is 5. The average Bonchev–Trinajstić information content (AvgIpc) is 3.54. The van der Waals surface area contributed by atoms with Crippen molar-refractivity contribution in [1.29, 1.82) is 0 Å². The van der Waals surface area contributed by atoms with Crippen LogP contribution in [0.1, 0.15) is 56.0 Å². The smallest absolute Gasteiger partial charge is 0.0488 e. The Morgan fingerprint density at radius 3 is 2.44 bits per heavy atom. The zero-order valence-electron chi connectivity index (χ0n) is 22.4. The minimum atomic E-state index is 0.515. The van der Waals surface area contributed by atoms with E-state index in [1.54, 1.807) is 0 Å². The van der Waals surface area contributed by atoms with Crippen LogP contribution in [0.4, 0.5) is 0 Å². The van der Waals surface area contributed by atoms with E-state index in [0.29, 0.717) is 5.92 Å². The minimum Gasteiger partial charge on any atom is -0.385 e. The van der Waals surface area contributed by atoms with E-state index < -0.39 is 0 Å². The summed E-state index contributed by atoms with van der Waals surface area (Å²) in [5.41, 5.74) is 11.1. The maximum absolute atomic E-state index is 4.37. The number of rotatable bonds is 8. The van der Waals surface area contributed by atoms with Crippen LogP contribution < -0.4 is 5.32 Å². The van der Waals surface area contributed by atoms with Gasteiger partial charge in [-0.05, 0) is 73.8 Å². The van der Waals surface area contributed by atoms with Gasteiger partial charge in [-0.15, -0.1) is 0 Å². The molecule has 0 saturated carbocycles. The Hall–Kier alpha value is -3.26. The molecule has 2 aliphatic rings. The SMILES string of the molecule is C=C(C)Cn1c2c(c3ccccc31)CC(C(=C)NCC1=CC=CC1)CC2.CCc1cccc(CC)c1. The standard InChI is InChI=1S/C24H28N2.C10H14/c1-17(2)16-26-23-11-7-6-10-21(23)22-14-20(12-13-24(22)26)18(3)25-15-19-8-4-5-9-19;1-3-9-6-5-7-10(4-2)8-9/h4-8,10-11,20,25H,1,3,9,12-16H2,2H3;5-8H,3-4H2,1-2H3. The predicted molar refractivity (Wildman–Crippen MR) is 156 cm³/mol. The number of nitrogens with one attached hydrogen (secondary N) is 1. The first kappa shape index (κ1) is 25.8. The number of nitrogens with zero attached hydrogens (tertiary/aromatic N) is 1. The molecule has 0 amide bonds. The Balaban J connectivity index is 0.000000256. The predicted octanol–water partition coefficient (Wildman–Crippen LogP) is 8.12. The highest BCUT2D eigenvalue weighted by Crippen LogP contribution is 2.36. The summed E-state index contributed by atoms with van der Waals surface area (Å²) in [6.45, 7) is 16.8. The third kappa shape index (κ3) is 6.10. The third-order valence-corrected chi connectivity index (χ3v) is 7.49. The highest BCUT2D eigenvalue weighted by molar-refractivity contribution is 5.86. The normalized spacial score (nSPS) is 16.2. The van der Waals surface area contributed by atoms with E-state index in [1.165, 1.54) is 56.6 Å². The number of aromatic nitrogens is 1. The molecule has 0 spiro atoms. The lowest BCUT2D eigenvalue weighted by Gasteiger charge is -2.27. The number of para-hydroxylation sites is 1. The second kappa shape index (κ2) is 12.1. The lowest BCUT2D eigenvalue weighted by atomic mass is 9.84. The largest absolute Gasteiger partial charge is 0.385 e. The second-order valence-corrected chi connectivity index (χ2v) is 10.3. The van der Waals surface area contributed by atoms with Crippen LogP contribution in [-0.4, -0.2) is 11.1 Å². The highest BCUT2D eigenvalue weighted by Gasteiger charge is 2.26. The van der Waals surface area contributed by atoms with Crippen molar-refractivity contribution in [3.8, 4) is 0 Å². The topological polar surface area (TPSA) is 17.0 Å². The lowest BCUT2D eigenvalue weighted by Crippen LogP contribution is -2.26. The summed E-state index contributed by atoms with van der Waals surface area (Å²) in [5, 5.41) is 4.99. The van der Waals surface area contributed by atoms with Gasteiger partial charge in [0.2, 0.25) is 0 Å². The molecule has 2 nitrogen and oxygen atoms in total. The fraction of sp³-hybridized carbons (Fsp3) is 0.353. The molecule has 1 heterocycles. The first-order valence-electron chi connectivity index (χ1n) is 13.6. The second-order valence-electron chi connectivity index (χ2n) is 10.3. The molecule has 0 radical (unpaired) electrons. The van der Waals surface area contributed by atoms with Crippen LogP contribution in [0.25, 0.3) is 10.9 Å². The van der Waals surface area contributed by atoms with Gasteiger partial charge in [-0.3, -0.25) is 0 Å². The van der Waals surface area contributed by atoms with Gasteiger partial charge in [0, 0.05) is 41.3 Å². The summed E-state index contributed by atoms with van der Waals surface area (Å²) in [6, 6.07) is 17.6. The van der Waals surface area contributed by atoms with Gasteiger partial charge >= 0.3 is 0 Å². The zero-order valence-corrected chi connectivity index (χ0v) is 22.4. The summed E-state index contributed by atoms with van der Waals surface area (Å²) in [4.78, 5) is 0. The Bertz CT molecular complexity index is 1260. The van der Waals surface area contributed by atoms with Gasteiger partial charge in [0.1, 0.15) is 0 Å². The van der Waals surface area contributed by atoms with Crippen molar-refractivity contribution < 1.29 is 0 Å². The van der Waals surface area contributed by atoms with Gasteiger partial charge in [0.15, 0.2) is 0 Å². The Morgan fingerprint density at radius 2 is 1.78 bits per heavy atom. The minimum absolute atomic E-state index is 0.515. The summed E-state index contributed by atoms with van der Waals surface area (Å²) < 4.78 is 2.48. The molecule has 1 unspecified atom stereocenters. The van der Waals surface area contributed by atoms with Gasteiger partial charge in [-0.2, -0.15) is 0 Å². The molecule has 188 valence electrons. The highest BCUT2D eigenvalue weighted by atomic mass is 15.0. The van der Waals surface area contributed by atoms with Crippen molar-refractivity contribution >= 4 is 10.9 Å². The van der Waals surface area contributed by atoms with Gasteiger partial charge in [-0.1, -0.05) is 93.3 Å². The molecular weight excluding hydrogens is 436 g/mol. The lowest BCUT2D eigenvalue weighted by molar-refractivity contribution is 0.486. The molecule has 0 bridgehead atoms. The number of hydrogen-bond acceptors (Lipinski definition) is 1. The Labute approximate surface area is 218 Å². The van der Waals surface area contributed by atoms with Crippen molar-refractivity contribution in [2.45, 2.75) is 65.8 Å². The molecule has 0 saturated heterocycles. The fourth-order valence-electron chi connectivity index (χ4n) is 5.41. The van der Waals surface area contributed by atoms with Crippen molar-refractivity contribution in [3.63, 3.8) is 0 Å². The molecule has 1 atom stereocenters. The van der Waals surface area contributed by atoms with Crippen LogP contribution in [0.15, 0.2) is 96.8 Å². The van der Waals surface area contributed by atoms with E-state index in [0.717, 1.165) is 45.2 Å². The molecular formula is C34H42N2. The van der Waals surface area contributed by atoms with Gasteiger partial charge in [0.25, 0.3) is 0 Å². The number of fused-ring (bicyclic) bond motifs is 3. The zero-order chi connectivity index (χ0) is 25.5. The van der Waals surface area contributed by atoms with Crippen LogP contribution in [-0.2, 0) is 32.2 Å². The molecule has 0 aliphatic heterocycles. The van der Waals surface area contributed by atoms with Crippen LogP contribution in [0.5, 0.6) is 0 Å². The van der Waals surface area contributed by atoms with Crippen molar-refractivity contribution in [2.24, 2.45) is 5.92 Å². The van der Waals surface area contributed by atoms with E-state index in [1.807, 2.05) is 0 Å². The fourth-order valence-corrected chi connectivity index (χ4v) is 5.41. The van der Waals surface area contributed by atoms with E-state index in [9.17, 15) is 0 Å². The van der Waals surface area contributed by atoms with Crippen LogP contribution >= 0.6 is 0 Å². The third-order valence-electron chi connectivity index (χ3n) is 7.49. The quantitative estimate of drug-likeness (QED) is 0.323. The van der Waals surface area contributed by atoms with Crippen molar-refractivity contribution in [1.82, 2.24) is 9.88 Å². The molecule has 1 aromatic heterocycles. The Morgan fingerprint density at radius 1 is 1.03 bits per heavy atom. The summed E-state index contributed by atoms with van der Waals surface area (Å²) in [6.07, 6.45) is 13.3. The maximum Gasteiger partial charge on any atom is 0.0488 e. The van der Waals surface area contributed by atoms with E-state index in [4.69, 9.17) is 0 Å². The van der Waals surface area contributed by atoms with Crippen LogP contribution in [0.2, 0.25) is 0 Å². The van der Waals surface area contributed by atoms with Crippen LogP contribution in [0, 0.1) is 5.92 Å². The van der Waals surface area contributed by atoms with Crippen LogP contribution in [0.3, 0.4) is 0 Å². The maximum atomic E-state index is 4.37. The number of hydrogen-bond donors (Lipinski definition) is 1. The molecule has 5 rings (SSSR count). The molecule has 3 aromatic rings. The van der Waals surface area contributed by atoms with Gasteiger partial charge < -0.3 is 9.88 Å². The van der Waals surface area contributed by atoms with E-state index >= 15 is 0 Å². The molecule has 2 aliphatic carbocycles. The van der Waals surface area contributed by atoms with Gasteiger partial charge in [0.05, 0.1) is 0 Å². The van der Waals surface area contributed by atoms with Crippen molar-refractivity contribution in [2.75, 3.05) is 6.54 Å². The molecule has 2 aromatic carbocycles. The molecule has 0 fully saturated rings. The molecule has 1 N–H and O–H groups in total. The van der Waals surface area contributed by atoms with Gasteiger partial charge in [-0.25, -0.2) is 0 Å². The number of aryl methyl sites for hydroxylation is 2. The summed E-state index contributed by atoms with van der Waals surface area (Å²) >= 11 is 0. The average molecular weight is 479 g/mol. The summed E-state index contributed by atoms with van der Waals surface area (Å²) in [7, 11) is 0. The molecule has 36 heavy (non-hydrogen) atoms. The number of benzene rings is 2. The first-order valence-corrected chi connectivity index (χ1v) is 13.6. The monoisotopic (exact) mass is 478 g/mol. The molecule has 2 heteroatoms. The van der Waals surface area contributed by atoms with E-state index in [2.05, 4.69) is 111 Å². The first-order chi connectivity index (χ1) is 17.5. The van der Waals surface area contributed by atoms with Crippen molar-refractivity contribution in [3.05, 3.63) is 119 Å². The Kier molecular flexibility index (Phi) is 8.70.